The van der Waals surface area contributed by atoms with Gasteiger partial charge >= 0.3 is 0 Å². The van der Waals surface area contributed by atoms with E-state index in [2.05, 4.69) is 27.0 Å². The topological polar surface area (TPSA) is 84.0 Å². The minimum absolute atomic E-state index is 0. The van der Waals surface area contributed by atoms with Crippen LogP contribution >= 0.6 is 24.0 Å². The highest BCUT2D eigenvalue weighted by atomic mass is 127. The summed E-state index contributed by atoms with van der Waals surface area (Å²) in [7, 11) is 1.74. The van der Waals surface area contributed by atoms with Crippen molar-refractivity contribution in [3.05, 3.63) is 53.6 Å². The minimum atomic E-state index is 0. The van der Waals surface area contributed by atoms with E-state index in [4.69, 9.17) is 9.47 Å². The molecule has 0 saturated carbocycles. The number of aliphatic imine (C=N–C) groups is 1. The van der Waals surface area contributed by atoms with Crippen molar-refractivity contribution in [1.29, 1.82) is 0 Å². The first-order chi connectivity index (χ1) is 14.2. The standard InChI is InChI=1S/C22H26N4O3.HI/c1-23-22(24-13-15-6-4-9-19-21(15)29-11-5-10-28-19)25-14-16-12-20(27)26-18-8-3-2-7-17(16)18;/h2-4,6-9,16H,5,10-14H2,1H3,(H,26,27)(H2,23,24,25);1H. The summed E-state index contributed by atoms with van der Waals surface area (Å²) >= 11 is 0. The number of hydrogen-bond acceptors (Lipinski definition) is 4. The van der Waals surface area contributed by atoms with E-state index in [-0.39, 0.29) is 35.8 Å². The van der Waals surface area contributed by atoms with Crippen LogP contribution in [0.3, 0.4) is 0 Å². The normalized spacial score (nSPS) is 17.7. The third-order valence-electron chi connectivity index (χ3n) is 5.15. The van der Waals surface area contributed by atoms with Gasteiger partial charge in [-0.3, -0.25) is 9.79 Å². The average Bonchev–Trinajstić information content (AvgIpc) is 2.99. The van der Waals surface area contributed by atoms with Gasteiger partial charge < -0.3 is 25.4 Å². The highest BCUT2D eigenvalue weighted by Gasteiger charge is 2.24. The van der Waals surface area contributed by atoms with E-state index in [1.54, 1.807) is 7.05 Å². The Morgan fingerprint density at radius 2 is 1.97 bits per heavy atom. The molecule has 0 aromatic heterocycles. The number of nitrogens with one attached hydrogen (secondary N) is 3. The van der Waals surface area contributed by atoms with Gasteiger partial charge in [0.15, 0.2) is 17.5 Å². The zero-order valence-electron chi connectivity index (χ0n) is 16.9. The maximum Gasteiger partial charge on any atom is 0.225 e. The van der Waals surface area contributed by atoms with Gasteiger partial charge in [0.2, 0.25) is 5.91 Å². The molecule has 2 heterocycles. The highest BCUT2D eigenvalue weighted by molar-refractivity contribution is 14.0. The quantitative estimate of drug-likeness (QED) is 0.326. The fraction of sp³-hybridized carbons (Fsp3) is 0.364. The number of anilines is 1. The van der Waals surface area contributed by atoms with E-state index in [0.29, 0.717) is 38.7 Å². The number of carbonyl (C=O) groups excluding carboxylic acids is 1. The van der Waals surface area contributed by atoms with Gasteiger partial charge in [0.05, 0.1) is 13.2 Å². The van der Waals surface area contributed by atoms with E-state index < -0.39 is 0 Å². The third kappa shape index (κ3) is 5.16. The van der Waals surface area contributed by atoms with Crippen molar-refractivity contribution < 1.29 is 14.3 Å². The number of rotatable bonds is 4. The van der Waals surface area contributed by atoms with Crippen molar-refractivity contribution >= 4 is 41.5 Å². The van der Waals surface area contributed by atoms with Gasteiger partial charge in [-0.1, -0.05) is 30.3 Å². The number of benzene rings is 2. The van der Waals surface area contributed by atoms with Crippen molar-refractivity contribution in [2.45, 2.75) is 25.3 Å². The van der Waals surface area contributed by atoms with Crippen molar-refractivity contribution in [2.24, 2.45) is 4.99 Å². The van der Waals surface area contributed by atoms with Gasteiger partial charge in [-0.15, -0.1) is 24.0 Å². The summed E-state index contributed by atoms with van der Waals surface area (Å²) in [5.41, 5.74) is 3.06. The van der Waals surface area contributed by atoms with Crippen LogP contribution in [-0.2, 0) is 11.3 Å². The molecule has 1 unspecified atom stereocenters. The molecule has 1 atom stereocenters. The molecule has 3 N–H and O–H groups in total. The van der Waals surface area contributed by atoms with Crippen LogP contribution in [0.1, 0.15) is 29.9 Å². The Hall–Kier alpha value is -2.49. The molecule has 0 radical (unpaired) electrons. The molecule has 2 aliphatic heterocycles. The van der Waals surface area contributed by atoms with E-state index in [1.807, 2.05) is 36.4 Å². The monoisotopic (exact) mass is 522 g/mol. The van der Waals surface area contributed by atoms with Crippen LogP contribution in [0.25, 0.3) is 0 Å². The summed E-state index contributed by atoms with van der Waals surface area (Å²) in [4.78, 5) is 16.3. The van der Waals surface area contributed by atoms with Crippen LogP contribution in [-0.4, -0.2) is 38.7 Å². The highest BCUT2D eigenvalue weighted by Crippen LogP contribution is 2.33. The Labute approximate surface area is 193 Å². The second kappa shape index (κ2) is 10.5. The first-order valence-electron chi connectivity index (χ1n) is 9.95. The summed E-state index contributed by atoms with van der Waals surface area (Å²) in [5.74, 6) is 2.41. The zero-order valence-corrected chi connectivity index (χ0v) is 19.3. The molecule has 30 heavy (non-hydrogen) atoms. The molecule has 2 aromatic rings. The number of hydrogen-bond donors (Lipinski definition) is 3. The lowest BCUT2D eigenvalue weighted by Gasteiger charge is -2.26. The largest absolute Gasteiger partial charge is 0.490 e. The molecule has 0 aliphatic carbocycles. The van der Waals surface area contributed by atoms with Crippen molar-refractivity contribution in [3.63, 3.8) is 0 Å². The lowest BCUT2D eigenvalue weighted by molar-refractivity contribution is -0.116. The van der Waals surface area contributed by atoms with Gasteiger partial charge in [-0.25, -0.2) is 0 Å². The molecule has 8 heteroatoms. The van der Waals surface area contributed by atoms with Gasteiger partial charge in [0, 0.05) is 50.1 Å². The molecular weight excluding hydrogens is 495 g/mol. The van der Waals surface area contributed by atoms with Crippen LogP contribution in [0, 0.1) is 0 Å². The fourth-order valence-electron chi connectivity index (χ4n) is 3.70. The number of carbonyl (C=O) groups is 1. The number of nitrogens with zero attached hydrogens (tertiary/aromatic N) is 1. The van der Waals surface area contributed by atoms with Gasteiger partial charge in [0.25, 0.3) is 0 Å². The van der Waals surface area contributed by atoms with Crippen LogP contribution < -0.4 is 25.4 Å². The summed E-state index contributed by atoms with van der Waals surface area (Å²) in [6, 6.07) is 13.9. The van der Waals surface area contributed by atoms with Gasteiger partial charge in [-0.05, 0) is 17.7 Å². The molecule has 160 valence electrons. The Balaban J connectivity index is 0.00000256. The van der Waals surface area contributed by atoms with Crippen LogP contribution in [0.4, 0.5) is 5.69 Å². The molecule has 4 rings (SSSR count). The van der Waals surface area contributed by atoms with E-state index in [1.165, 1.54) is 0 Å². The molecule has 0 spiro atoms. The maximum atomic E-state index is 12.0. The molecule has 0 saturated heterocycles. The Kier molecular flexibility index (Phi) is 7.78. The second-order valence-electron chi connectivity index (χ2n) is 7.14. The SMILES string of the molecule is CN=C(NCc1cccc2c1OCCCO2)NCC1CC(=O)Nc2ccccc21.I. The maximum absolute atomic E-state index is 12.0. The number of para-hydroxylation sites is 2. The van der Waals surface area contributed by atoms with Crippen LogP contribution in [0.2, 0.25) is 0 Å². The molecule has 2 aromatic carbocycles. The summed E-state index contributed by atoms with van der Waals surface area (Å²) in [6.45, 7) is 2.51. The van der Waals surface area contributed by atoms with E-state index in [0.717, 1.165) is 34.7 Å². The molecule has 0 bridgehead atoms. The number of halogens is 1. The second-order valence-corrected chi connectivity index (χ2v) is 7.14. The molecule has 1 amide bonds. The number of amides is 1. The smallest absolute Gasteiger partial charge is 0.225 e. The zero-order chi connectivity index (χ0) is 20.1. The van der Waals surface area contributed by atoms with Crippen molar-refractivity contribution in [2.75, 3.05) is 32.1 Å². The van der Waals surface area contributed by atoms with Crippen LogP contribution in [0.15, 0.2) is 47.5 Å². The summed E-state index contributed by atoms with van der Waals surface area (Å²) < 4.78 is 11.6. The van der Waals surface area contributed by atoms with Gasteiger partial charge in [0.1, 0.15) is 0 Å². The molecule has 0 fully saturated rings. The predicted octanol–water partition coefficient (Wildman–Crippen LogP) is 3.26. The minimum Gasteiger partial charge on any atom is -0.490 e. The number of fused-ring (bicyclic) bond motifs is 2. The lowest BCUT2D eigenvalue weighted by Crippen LogP contribution is -2.40. The predicted molar refractivity (Wildman–Crippen MR) is 128 cm³/mol. The Bertz CT molecular complexity index is 919. The number of ether oxygens (including phenoxy) is 2. The molecule has 7 nitrogen and oxygen atoms in total. The fourth-order valence-corrected chi connectivity index (χ4v) is 3.70. The van der Waals surface area contributed by atoms with Crippen molar-refractivity contribution in [1.82, 2.24) is 10.6 Å². The van der Waals surface area contributed by atoms with Gasteiger partial charge in [-0.2, -0.15) is 0 Å². The average molecular weight is 522 g/mol. The van der Waals surface area contributed by atoms with E-state index in [9.17, 15) is 4.79 Å². The first-order valence-corrected chi connectivity index (χ1v) is 9.95. The number of guanidine groups is 1. The van der Waals surface area contributed by atoms with E-state index >= 15 is 0 Å². The first kappa shape index (κ1) is 22.2. The molecule has 2 aliphatic rings. The van der Waals surface area contributed by atoms with Crippen molar-refractivity contribution in [3.8, 4) is 11.5 Å². The Morgan fingerprint density at radius 3 is 2.83 bits per heavy atom. The summed E-state index contributed by atoms with van der Waals surface area (Å²) in [5, 5.41) is 9.62. The molecular formula is C22H27IN4O3. The Morgan fingerprint density at radius 1 is 1.13 bits per heavy atom. The summed E-state index contributed by atoms with van der Waals surface area (Å²) in [6.07, 6.45) is 1.33. The van der Waals surface area contributed by atoms with Crippen LogP contribution in [0.5, 0.6) is 11.5 Å². The third-order valence-corrected chi connectivity index (χ3v) is 5.15. The lowest BCUT2D eigenvalue weighted by atomic mass is 9.90.